The van der Waals surface area contributed by atoms with Gasteiger partial charge in [0.1, 0.15) is 10.8 Å². The molecular weight excluding hydrogens is 406 g/mol. The number of nitrogens with zero attached hydrogens (tertiary/aromatic N) is 2. The highest BCUT2D eigenvalue weighted by Gasteiger charge is 2.26. The van der Waals surface area contributed by atoms with E-state index in [0.29, 0.717) is 12.3 Å². The fraction of sp³-hybridized carbons (Fsp3) is 0.280. The van der Waals surface area contributed by atoms with Crippen molar-refractivity contribution >= 4 is 28.1 Å². The summed E-state index contributed by atoms with van der Waals surface area (Å²) in [5, 5.41) is 4.20. The van der Waals surface area contributed by atoms with Crippen LogP contribution in [0.1, 0.15) is 30.0 Å². The first-order chi connectivity index (χ1) is 15.2. The Morgan fingerprint density at radius 2 is 2.00 bits per heavy atom. The van der Waals surface area contributed by atoms with Crippen molar-refractivity contribution in [3.8, 4) is 16.3 Å². The van der Waals surface area contributed by atoms with E-state index in [2.05, 4.69) is 40.4 Å². The number of ether oxygens (including phenoxy) is 1. The van der Waals surface area contributed by atoms with Crippen LogP contribution in [-0.2, 0) is 11.2 Å². The first kappa shape index (κ1) is 19.8. The Morgan fingerprint density at radius 1 is 1.19 bits per heavy atom. The number of aromatic nitrogens is 2. The lowest BCUT2D eigenvalue weighted by Gasteiger charge is -2.32. The molecule has 0 unspecified atom stereocenters. The first-order valence-corrected chi connectivity index (χ1v) is 11.5. The summed E-state index contributed by atoms with van der Waals surface area (Å²) in [4.78, 5) is 22.9. The minimum Gasteiger partial charge on any atom is -0.497 e. The standard InChI is InChI=1S/C25H25N3O2S/c1-30-20-7-8-23-21(14-20)22(15-26-23)17-9-11-28(12-10-17)24(29)13-19-16-31-25(27-19)18-5-3-2-4-6-18/h2-8,14-17,26H,9-13H2,1H3. The average molecular weight is 432 g/mol. The quantitative estimate of drug-likeness (QED) is 0.470. The van der Waals surface area contributed by atoms with E-state index in [1.165, 1.54) is 10.9 Å². The van der Waals surface area contributed by atoms with E-state index >= 15 is 0 Å². The van der Waals surface area contributed by atoms with E-state index in [1.54, 1.807) is 18.4 Å². The summed E-state index contributed by atoms with van der Waals surface area (Å²) in [7, 11) is 1.70. The molecule has 1 N–H and O–H groups in total. The second-order valence-corrected chi connectivity index (χ2v) is 8.86. The molecule has 1 fully saturated rings. The molecule has 2 aromatic heterocycles. The van der Waals surface area contributed by atoms with Gasteiger partial charge >= 0.3 is 0 Å². The largest absolute Gasteiger partial charge is 0.497 e. The summed E-state index contributed by atoms with van der Waals surface area (Å²) in [5.41, 5.74) is 4.42. The molecular formula is C25H25N3O2S. The fourth-order valence-corrected chi connectivity index (χ4v) is 5.22. The Kier molecular flexibility index (Phi) is 5.47. The van der Waals surface area contributed by atoms with Crippen molar-refractivity contribution in [2.24, 2.45) is 0 Å². The van der Waals surface area contributed by atoms with Gasteiger partial charge in [-0.25, -0.2) is 4.98 Å². The zero-order valence-corrected chi connectivity index (χ0v) is 18.3. The number of carbonyl (C=O) groups excluding carboxylic acids is 1. The minimum absolute atomic E-state index is 0.170. The number of rotatable bonds is 5. The second-order valence-electron chi connectivity index (χ2n) is 8.00. The maximum Gasteiger partial charge on any atom is 0.228 e. The van der Waals surface area contributed by atoms with Crippen LogP contribution < -0.4 is 4.74 Å². The summed E-state index contributed by atoms with van der Waals surface area (Å²) in [6, 6.07) is 16.3. The summed E-state index contributed by atoms with van der Waals surface area (Å²) >= 11 is 1.60. The van der Waals surface area contributed by atoms with E-state index in [1.807, 2.05) is 34.5 Å². The molecule has 5 nitrogen and oxygen atoms in total. The van der Waals surface area contributed by atoms with Crippen LogP contribution in [0.15, 0.2) is 60.1 Å². The molecule has 1 saturated heterocycles. The maximum absolute atomic E-state index is 12.9. The summed E-state index contributed by atoms with van der Waals surface area (Å²) in [5.74, 6) is 1.50. The highest BCUT2D eigenvalue weighted by molar-refractivity contribution is 7.13. The molecule has 1 aliphatic rings. The molecule has 3 heterocycles. The van der Waals surface area contributed by atoms with Crippen LogP contribution in [0, 0.1) is 0 Å². The lowest BCUT2D eigenvalue weighted by Crippen LogP contribution is -2.38. The number of fused-ring (bicyclic) bond motifs is 1. The van der Waals surface area contributed by atoms with Crippen molar-refractivity contribution in [1.82, 2.24) is 14.9 Å². The number of piperidine rings is 1. The van der Waals surface area contributed by atoms with Gasteiger partial charge in [0.05, 0.1) is 19.2 Å². The molecule has 0 bridgehead atoms. The molecule has 5 rings (SSSR count). The van der Waals surface area contributed by atoms with Crippen molar-refractivity contribution in [3.05, 3.63) is 71.4 Å². The molecule has 31 heavy (non-hydrogen) atoms. The van der Waals surface area contributed by atoms with Gasteiger partial charge in [-0.2, -0.15) is 0 Å². The van der Waals surface area contributed by atoms with Gasteiger partial charge in [0.15, 0.2) is 0 Å². The van der Waals surface area contributed by atoms with Gasteiger partial charge in [0.2, 0.25) is 5.91 Å². The molecule has 6 heteroatoms. The Morgan fingerprint density at radius 3 is 2.77 bits per heavy atom. The van der Waals surface area contributed by atoms with Gasteiger partial charge in [-0.05, 0) is 42.5 Å². The number of aromatic amines is 1. The molecule has 1 amide bonds. The molecule has 1 aliphatic heterocycles. The Bertz CT molecular complexity index is 1190. The number of amides is 1. The summed E-state index contributed by atoms with van der Waals surface area (Å²) < 4.78 is 5.40. The number of thiazole rings is 1. The van der Waals surface area contributed by atoms with Gasteiger partial charge < -0.3 is 14.6 Å². The topological polar surface area (TPSA) is 58.2 Å². The summed E-state index contributed by atoms with van der Waals surface area (Å²) in [6.07, 6.45) is 4.44. The Labute approximate surface area is 185 Å². The van der Waals surface area contributed by atoms with E-state index in [9.17, 15) is 4.79 Å². The third-order valence-corrected chi connectivity index (χ3v) is 7.05. The van der Waals surface area contributed by atoms with Crippen LogP contribution in [-0.4, -0.2) is 41.0 Å². The number of hydrogen-bond acceptors (Lipinski definition) is 4. The molecule has 0 saturated carbocycles. The van der Waals surface area contributed by atoms with Crippen LogP contribution in [0.25, 0.3) is 21.5 Å². The zero-order valence-electron chi connectivity index (χ0n) is 17.5. The van der Waals surface area contributed by atoms with Crippen molar-refractivity contribution in [3.63, 3.8) is 0 Å². The molecule has 0 atom stereocenters. The van der Waals surface area contributed by atoms with Crippen molar-refractivity contribution in [1.29, 1.82) is 0 Å². The number of hydrogen-bond donors (Lipinski definition) is 1. The summed E-state index contributed by atoms with van der Waals surface area (Å²) in [6.45, 7) is 1.58. The monoisotopic (exact) mass is 431 g/mol. The molecule has 158 valence electrons. The van der Waals surface area contributed by atoms with Crippen LogP contribution in [0.5, 0.6) is 5.75 Å². The highest BCUT2D eigenvalue weighted by atomic mass is 32.1. The van der Waals surface area contributed by atoms with E-state index < -0.39 is 0 Å². The van der Waals surface area contributed by atoms with Gasteiger partial charge in [-0.15, -0.1) is 11.3 Å². The van der Waals surface area contributed by atoms with Gasteiger partial charge in [0, 0.05) is 41.1 Å². The number of likely N-dealkylation sites (tertiary alicyclic amines) is 1. The minimum atomic E-state index is 0.170. The van der Waals surface area contributed by atoms with Crippen LogP contribution in [0.4, 0.5) is 0 Å². The Balaban J connectivity index is 1.22. The molecule has 0 spiro atoms. The van der Waals surface area contributed by atoms with Crippen LogP contribution >= 0.6 is 11.3 Å². The van der Waals surface area contributed by atoms with Crippen LogP contribution in [0.3, 0.4) is 0 Å². The number of H-pyrrole nitrogens is 1. The molecule has 0 aliphatic carbocycles. The van der Waals surface area contributed by atoms with E-state index in [-0.39, 0.29) is 5.91 Å². The molecule has 4 aromatic rings. The number of carbonyl (C=O) groups is 1. The van der Waals surface area contributed by atoms with Gasteiger partial charge in [-0.1, -0.05) is 30.3 Å². The fourth-order valence-electron chi connectivity index (χ4n) is 4.39. The number of nitrogens with one attached hydrogen (secondary N) is 1. The van der Waals surface area contributed by atoms with Crippen LogP contribution in [0.2, 0.25) is 0 Å². The highest BCUT2D eigenvalue weighted by Crippen LogP contribution is 2.35. The lowest BCUT2D eigenvalue weighted by atomic mass is 9.89. The van der Waals surface area contributed by atoms with Crippen molar-refractivity contribution in [2.75, 3.05) is 20.2 Å². The smallest absolute Gasteiger partial charge is 0.228 e. The van der Waals surface area contributed by atoms with E-state index in [4.69, 9.17) is 4.74 Å². The number of methoxy groups -OCH3 is 1. The third kappa shape index (κ3) is 4.08. The molecule has 0 radical (unpaired) electrons. The average Bonchev–Trinajstić information content (AvgIpc) is 3.46. The first-order valence-electron chi connectivity index (χ1n) is 10.6. The maximum atomic E-state index is 12.9. The third-order valence-electron chi connectivity index (χ3n) is 6.11. The number of benzene rings is 2. The Hall–Kier alpha value is -3.12. The predicted octanol–water partition coefficient (Wildman–Crippen LogP) is 5.25. The van der Waals surface area contributed by atoms with Gasteiger partial charge in [0.25, 0.3) is 0 Å². The van der Waals surface area contributed by atoms with Gasteiger partial charge in [-0.3, -0.25) is 4.79 Å². The second kappa shape index (κ2) is 8.55. The van der Waals surface area contributed by atoms with E-state index in [0.717, 1.165) is 53.5 Å². The zero-order chi connectivity index (χ0) is 21.2. The lowest BCUT2D eigenvalue weighted by molar-refractivity contribution is -0.131. The van der Waals surface area contributed by atoms with Crippen molar-refractivity contribution in [2.45, 2.75) is 25.2 Å². The SMILES string of the molecule is COc1ccc2[nH]cc(C3CCN(C(=O)Cc4csc(-c5ccccc5)n4)CC3)c2c1. The predicted molar refractivity (Wildman–Crippen MR) is 125 cm³/mol. The normalized spacial score (nSPS) is 14.8. The van der Waals surface area contributed by atoms with Crippen molar-refractivity contribution < 1.29 is 9.53 Å². The molecule has 2 aromatic carbocycles.